The average Bonchev–Trinajstić information content (AvgIpc) is 2.84. The highest BCUT2D eigenvalue weighted by molar-refractivity contribution is 5.95. The van der Waals surface area contributed by atoms with Gasteiger partial charge in [-0.25, -0.2) is 4.98 Å². The zero-order valence-corrected chi connectivity index (χ0v) is 11.3. The lowest BCUT2D eigenvalue weighted by molar-refractivity contribution is 0.0932. The molecule has 4 nitrogen and oxygen atoms in total. The van der Waals surface area contributed by atoms with Crippen molar-refractivity contribution in [2.24, 2.45) is 11.3 Å². The summed E-state index contributed by atoms with van der Waals surface area (Å²) >= 11 is 0. The van der Waals surface area contributed by atoms with E-state index in [1.54, 1.807) is 6.07 Å². The number of carbonyl (C=O) groups excluding carboxylic acids is 1. The van der Waals surface area contributed by atoms with Crippen molar-refractivity contribution in [2.45, 2.75) is 26.2 Å². The quantitative estimate of drug-likeness (QED) is 0.846. The van der Waals surface area contributed by atoms with Crippen molar-refractivity contribution in [3.8, 4) is 5.75 Å². The molecule has 102 valence electrons. The molecule has 0 radical (unpaired) electrons. The molecule has 1 saturated carbocycles. The van der Waals surface area contributed by atoms with E-state index >= 15 is 0 Å². The van der Waals surface area contributed by atoms with Crippen LogP contribution in [0.2, 0.25) is 0 Å². The molecule has 0 aromatic carbocycles. The zero-order valence-electron chi connectivity index (χ0n) is 11.3. The molecule has 1 aromatic heterocycles. The molecule has 1 saturated heterocycles. The first-order chi connectivity index (χ1) is 9.07. The van der Waals surface area contributed by atoms with Gasteiger partial charge in [-0.3, -0.25) is 9.69 Å². The summed E-state index contributed by atoms with van der Waals surface area (Å²) in [5, 5.41) is 9.18. The summed E-state index contributed by atoms with van der Waals surface area (Å²) in [6.45, 7) is 4.87. The Morgan fingerprint density at radius 3 is 3.11 bits per heavy atom. The molecule has 2 atom stereocenters. The maximum absolute atomic E-state index is 12.2. The minimum absolute atomic E-state index is 0.0450. The lowest BCUT2D eigenvalue weighted by Gasteiger charge is -2.22. The number of rotatable bonds is 3. The van der Waals surface area contributed by atoms with E-state index in [1.165, 1.54) is 31.5 Å². The van der Waals surface area contributed by atoms with E-state index in [1.807, 2.05) is 0 Å². The number of Topliss-reactive ketones (excluding diaryl/α,β-unsaturated/α-hetero) is 1. The average molecular weight is 260 g/mol. The summed E-state index contributed by atoms with van der Waals surface area (Å²) in [5.74, 6) is 0.899. The number of aromatic nitrogens is 1. The largest absolute Gasteiger partial charge is 0.506 e. The van der Waals surface area contributed by atoms with Gasteiger partial charge in [-0.15, -0.1) is 0 Å². The van der Waals surface area contributed by atoms with Crippen LogP contribution in [-0.4, -0.2) is 40.4 Å². The normalized spacial score (nSPS) is 30.5. The van der Waals surface area contributed by atoms with E-state index in [-0.39, 0.29) is 11.5 Å². The summed E-state index contributed by atoms with van der Waals surface area (Å²) in [6.07, 6.45) is 5.26. The number of likely N-dealkylation sites (tertiary alicyclic amines) is 1. The Labute approximate surface area is 113 Å². The van der Waals surface area contributed by atoms with Crippen molar-refractivity contribution >= 4 is 5.78 Å². The molecule has 3 rings (SSSR count). The van der Waals surface area contributed by atoms with Crippen LogP contribution in [0.4, 0.5) is 0 Å². The van der Waals surface area contributed by atoms with Gasteiger partial charge in [-0.05, 0) is 36.3 Å². The first-order valence-electron chi connectivity index (χ1n) is 6.97. The van der Waals surface area contributed by atoms with Gasteiger partial charge in [0.25, 0.3) is 0 Å². The second-order valence-corrected chi connectivity index (χ2v) is 6.24. The summed E-state index contributed by atoms with van der Waals surface area (Å²) in [5.41, 5.74) is 0.864. The number of hydrogen-bond donors (Lipinski definition) is 1. The van der Waals surface area contributed by atoms with Gasteiger partial charge in [0.1, 0.15) is 11.4 Å². The first kappa shape index (κ1) is 12.6. The fourth-order valence-corrected chi connectivity index (χ4v) is 3.67. The number of ketones is 1. The van der Waals surface area contributed by atoms with Gasteiger partial charge >= 0.3 is 0 Å². The third-order valence-corrected chi connectivity index (χ3v) is 4.75. The lowest BCUT2D eigenvalue weighted by atomic mass is 9.83. The van der Waals surface area contributed by atoms with Crippen molar-refractivity contribution in [1.82, 2.24) is 9.88 Å². The van der Waals surface area contributed by atoms with Gasteiger partial charge in [0.15, 0.2) is 5.78 Å². The fourth-order valence-electron chi connectivity index (χ4n) is 3.67. The minimum atomic E-state index is 0.0450. The molecule has 0 unspecified atom stereocenters. The minimum Gasteiger partial charge on any atom is -0.506 e. The molecule has 4 heteroatoms. The van der Waals surface area contributed by atoms with E-state index in [0.29, 0.717) is 17.7 Å². The molecule has 1 aromatic rings. The first-order valence-corrected chi connectivity index (χ1v) is 6.97. The molecule has 2 fully saturated rings. The molecular formula is C15H20N2O2. The van der Waals surface area contributed by atoms with Crippen LogP contribution in [0.1, 0.15) is 36.7 Å². The Morgan fingerprint density at radius 1 is 1.58 bits per heavy atom. The van der Waals surface area contributed by atoms with Gasteiger partial charge in [-0.1, -0.05) is 13.3 Å². The van der Waals surface area contributed by atoms with Gasteiger partial charge in [-0.2, -0.15) is 0 Å². The van der Waals surface area contributed by atoms with Gasteiger partial charge in [0, 0.05) is 13.1 Å². The second kappa shape index (κ2) is 4.60. The molecule has 1 aliphatic heterocycles. The lowest BCUT2D eigenvalue weighted by Crippen LogP contribution is -2.30. The van der Waals surface area contributed by atoms with Gasteiger partial charge in [0.2, 0.25) is 0 Å². The van der Waals surface area contributed by atoms with Crippen molar-refractivity contribution < 1.29 is 9.90 Å². The number of hydrogen-bond acceptors (Lipinski definition) is 4. The molecule has 2 heterocycles. The monoisotopic (exact) mass is 260 g/mol. The summed E-state index contributed by atoms with van der Waals surface area (Å²) in [6, 6.07) is 3.11. The predicted octanol–water partition coefficient (Wildman–Crippen LogP) is 2.09. The standard InChI is InChI=1S/C15H20N2O2/c1-15-6-2-3-11(15)8-17(10-15)9-14(19)13-5-4-12(18)7-16-13/h4-5,7,11,18H,2-3,6,8-10H2,1H3/t11-,15+/m0/s1. The summed E-state index contributed by atoms with van der Waals surface area (Å²) in [7, 11) is 0. The Bertz CT molecular complexity index is 485. The van der Waals surface area contributed by atoms with Crippen molar-refractivity contribution in [2.75, 3.05) is 19.6 Å². The SMILES string of the molecule is C[C@]12CCC[C@H]1CN(CC(=O)c1ccc(O)cn1)C2. The maximum atomic E-state index is 12.2. The number of fused-ring (bicyclic) bond motifs is 1. The van der Waals surface area contributed by atoms with Gasteiger partial charge < -0.3 is 5.11 Å². The van der Waals surface area contributed by atoms with Crippen LogP contribution in [0.15, 0.2) is 18.3 Å². The number of aromatic hydroxyl groups is 1. The predicted molar refractivity (Wildman–Crippen MR) is 72.1 cm³/mol. The molecule has 1 N–H and O–H groups in total. The Kier molecular flexibility index (Phi) is 3.05. The van der Waals surface area contributed by atoms with E-state index in [2.05, 4.69) is 16.8 Å². The highest BCUT2D eigenvalue weighted by atomic mass is 16.3. The van der Waals surface area contributed by atoms with Crippen LogP contribution in [-0.2, 0) is 0 Å². The Balaban J connectivity index is 1.63. The van der Waals surface area contributed by atoms with Crippen LogP contribution < -0.4 is 0 Å². The van der Waals surface area contributed by atoms with E-state index in [4.69, 9.17) is 0 Å². The van der Waals surface area contributed by atoms with Crippen LogP contribution in [0.3, 0.4) is 0 Å². The van der Waals surface area contributed by atoms with Crippen LogP contribution in [0.25, 0.3) is 0 Å². The third-order valence-electron chi connectivity index (χ3n) is 4.75. The Morgan fingerprint density at radius 2 is 2.42 bits per heavy atom. The molecule has 2 aliphatic rings. The van der Waals surface area contributed by atoms with Crippen LogP contribution in [0, 0.1) is 11.3 Å². The zero-order chi connectivity index (χ0) is 13.5. The summed E-state index contributed by atoms with van der Waals surface area (Å²) in [4.78, 5) is 18.4. The number of carbonyl (C=O) groups is 1. The molecule has 0 amide bonds. The van der Waals surface area contributed by atoms with Crippen LogP contribution in [0.5, 0.6) is 5.75 Å². The van der Waals surface area contributed by atoms with E-state index < -0.39 is 0 Å². The molecule has 0 spiro atoms. The fraction of sp³-hybridized carbons (Fsp3) is 0.600. The maximum Gasteiger partial charge on any atom is 0.195 e. The van der Waals surface area contributed by atoms with Crippen molar-refractivity contribution in [1.29, 1.82) is 0 Å². The van der Waals surface area contributed by atoms with Crippen molar-refractivity contribution in [3.63, 3.8) is 0 Å². The molecule has 0 bridgehead atoms. The Hall–Kier alpha value is -1.42. The molecular weight excluding hydrogens is 240 g/mol. The second-order valence-electron chi connectivity index (χ2n) is 6.24. The summed E-state index contributed by atoms with van der Waals surface area (Å²) < 4.78 is 0. The topological polar surface area (TPSA) is 53.4 Å². The van der Waals surface area contributed by atoms with Crippen molar-refractivity contribution in [3.05, 3.63) is 24.0 Å². The van der Waals surface area contributed by atoms with E-state index in [0.717, 1.165) is 19.0 Å². The van der Waals surface area contributed by atoms with Crippen LogP contribution >= 0.6 is 0 Å². The highest BCUT2D eigenvalue weighted by Gasteiger charge is 2.45. The molecule has 19 heavy (non-hydrogen) atoms. The number of pyridine rings is 1. The van der Waals surface area contributed by atoms with Gasteiger partial charge in [0.05, 0.1) is 12.7 Å². The molecule has 1 aliphatic carbocycles. The third kappa shape index (κ3) is 2.37. The number of nitrogens with zero attached hydrogens (tertiary/aromatic N) is 2. The highest BCUT2D eigenvalue weighted by Crippen LogP contribution is 2.48. The van der Waals surface area contributed by atoms with E-state index in [9.17, 15) is 9.90 Å². The smallest absolute Gasteiger partial charge is 0.195 e.